The van der Waals surface area contributed by atoms with Crippen LogP contribution in [-0.4, -0.2) is 28.8 Å². The highest BCUT2D eigenvalue weighted by atomic mass is 16.6. The second-order valence-electron chi connectivity index (χ2n) is 5.73. The van der Waals surface area contributed by atoms with Crippen LogP contribution in [0.5, 0.6) is 0 Å². The Balaban J connectivity index is 3.28. The molecule has 4 heteroatoms. The monoisotopic (exact) mass is 289 g/mol. The maximum absolute atomic E-state index is 9.25. The minimum Gasteiger partial charge on any atom is -0.371 e. The van der Waals surface area contributed by atoms with Crippen molar-refractivity contribution in [1.82, 2.24) is 0 Å². The Morgan fingerprint density at radius 3 is 1.70 bits per heavy atom. The van der Waals surface area contributed by atoms with Crippen molar-refractivity contribution < 1.29 is 14.9 Å². The topological polar surface area (TPSA) is 75.7 Å². The summed E-state index contributed by atoms with van der Waals surface area (Å²) < 4.78 is 5.40. The Hall–Kier alpha value is -0.160. The van der Waals surface area contributed by atoms with E-state index in [1.54, 1.807) is 0 Å². The third kappa shape index (κ3) is 11.6. The van der Waals surface area contributed by atoms with Crippen molar-refractivity contribution in [3.8, 4) is 0 Å². The molecule has 0 aliphatic rings. The van der Waals surface area contributed by atoms with Crippen molar-refractivity contribution in [1.29, 1.82) is 0 Å². The third-order valence-corrected chi connectivity index (χ3v) is 3.66. The maximum atomic E-state index is 9.25. The lowest BCUT2D eigenvalue weighted by Crippen LogP contribution is -2.51. The Bertz CT molecular complexity index is 204. The van der Waals surface area contributed by atoms with Gasteiger partial charge in [-0.3, -0.25) is 5.73 Å². The molecule has 4 N–H and O–H groups in total. The Labute approximate surface area is 124 Å². The van der Waals surface area contributed by atoms with Gasteiger partial charge < -0.3 is 14.9 Å². The van der Waals surface area contributed by atoms with Crippen LogP contribution < -0.4 is 5.73 Å². The van der Waals surface area contributed by atoms with Crippen molar-refractivity contribution in [3.05, 3.63) is 0 Å². The molecule has 20 heavy (non-hydrogen) atoms. The quantitative estimate of drug-likeness (QED) is 0.339. The molecule has 0 aliphatic heterocycles. The van der Waals surface area contributed by atoms with Crippen LogP contribution in [-0.2, 0) is 4.74 Å². The van der Waals surface area contributed by atoms with Gasteiger partial charge in [-0.1, -0.05) is 71.6 Å². The van der Waals surface area contributed by atoms with Gasteiger partial charge in [-0.15, -0.1) is 0 Å². The molecule has 0 saturated carbocycles. The summed E-state index contributed by atoms with van der Waals surface area (Å²) in [6, 6.07) is 0. The average Bonchev–Trinajstić information content (AvgIpc) is 2.38. The highest BCUT2D eigenvalue weighted by molar-refractivity contribution is 4.68. The molecular formula is C16H35NO3. The van der Waals surface area contributed by atoms with Crippen LogP contribution in [0.4, 0.5) is 0 Å². The lowest BCUT2D eigenvalue weighted by atomic mass is 10.1. The molecule has 0 radical (unpaired) electrons. The zero-order valence-electron chi connectivity index (χ0n) is 13.4. The molecule has 0 spiro atoms. The summed E-state index contributed by atoms with van der Waals surface area (Å²) in [6.45, 7) is 4.62. The number of aliphatic hydroxyl groups is 2. The van der Waals surface area contributed by atoms with Crippen LogP contribution in [0.15, 0.2) is 0 Å². The molecule has 0 amide bonds. The fourth-order valence-corrected chi connectivity index (χ4v) is 2.36. The van der Waals surface area contributed by atoms with Crippen LogP contribution >= 0.6 is 0 Å². The van der Waals surface area contributed by atoms with Crippen LogP contribution in [0.25, 0.3) is 0 Å². The van der Waals surface area contributed by atoms with E-state index in [1.165, 1.54) is 51.4 Å². The van der Waals surface area contributed by atoms with Gasteiger partial charge in [-0.05, 0) is 12.8 Å². The van der Waals surface area contributed by atoms with Gasteiger partial charge in [0.2, 0.25) is 5.91 Å². The average molecular weight is 289 g/mol. The molecular weight excluding hydrogens is 254 g/mol. The van der Waals surface area contributed by atoms with Gasteiger partial charge in [0.25, 0.3) is 0 Å². The summed E-state index contributed by atoms with van der Waals surface area (Å²) in [5.74, 6) is -2.22. The highest BCUT2D eigenvalue weighted by Gasteiger charge is 2.29. The summed E-state index contributed by atoms with van der Waals surface area (Å²) in [5, 5.41) is 18.5. The van der Waals surface area contributed by atoms with Gasteiger partial charge in [-0.2, -0.15) is 0 Å². The van der Waals surface area contributed by atoms with Gasteiger partial charge in [0.05, 0.1) is 0 Å². The summed E-state index contributed by atoms with van der Waals surface area (Å²) in [6.07, 6.45) is 12.6. The van der Waals surface area contributed by atoms with Gasteiger partial charge in [0.1, 0.15) is 6.10 Å². The SMILES string of the molecule is CCCCCCCCCCCCOC(CC)C(N)(O)O. The Morgan fingerprint density at radius 2 is 1.30 bits per heavy atom. The summed E-state index contributed by atoms with van der Waals surface area (Å²) in [5.41, 5.74) is 5.21. The predicted octanol–water partition coefficient (Wildman–Crippen LogP) is 3.30. The van der Waals surface area contributed by atoms with Crippen molar-refractivity contribution in [2.75, 3.05) is 6.61 Å². The second kappa shape index (κ2) is 12.6. The van der Waals surface area contributed by atoms with Crippen LogP contribution in [0, 0.1) is 0 Å². The van der Waals surface area contributed by atoms with Crippen molar-refractivity contribution >= 4 is 0 Å². The van der Waals surface area contributed by atoms with E-state index in [0.29, 0.717) is 13.0 Å². The molecule has 0 fully saturated rings. The molecule has 0 rings (SSSR count). The zero-order chi connectivity index (χ0) is 15.3. The van der Waals surface area contributed by atoms with Crippen LogP contribution in [0.3, 0.4) is 0 Å². The van der Waals surface area contributed by atoms with Crippen molar-refractivity contribution in [2.24, 2.45) is 5.73 Å². The molecule has 0 heterocycles. The van der Waals surface area contributed by atoms with Gasteiger partial charge in [0, 0.05) is 6.61 Å². The molecule has 0 aromatic heterocycles. The molecule has 0 aromatic rings. The summed E-state index contributed by atoms with van der Waals surface area (Å²) in [7, 11) is 0. The summed E-state index contributed by atoms with van der Waals surface area (Å²) in [4.78, 5) is 0. The smallest absolute Gasteiger partial charge is 0.247 e. The van der Waals surface area contributed by atoms with E-state index >= 15 is 0 Å². The number of hydrogen-bond acceptors (Lipinski definition) is 4. The van der Waals surface area contributed by atoms with Crippen LogP contribution in [0.2, 0.25) is 0 Å². The predicted molar refractivity (Wildman–Crippen MR) is 83.2 cm³/mol. The van der Waals surface area contributed by atoms with E-state index < -0.39 is 12.0 Å². The van der Waals surface area contributed by atoms with Gasteiger partial charge >= 0.3 is 0 Å². The van der Waals surface area contributed by atoms with E-state index in [9.17, 15) is 10.2 Å². The maximum Gasteiger partial charge on any atom is 0.247 e. The fourth-order valence-electron chi connectivity index (χ4n) is 2.36. The number of hydrogen-bond donors (Lipinski definition) is 3. The summed E-state index contributed by atoms with van der Waals surface area (Å²) >= 11 is 0. The van der Waals surface area contributed by atoms with Gasteiger partial charge in [0.15, 0.2) is 0 Å². The molecule has 122 valence electrons. The van der Waals surface area contributed by atoms with E-state index in [0.717, 1.165) is 12.8 Å². The van der Waals surface area contributed by atoms with Crippen molar-refractivity contribution in [3.63, 3.8) is 0 Å². The Kier molecular flexibility index (Phi) is 12.5. The Morgan fingerprint density at radius 1 is 0.850 bits per heavy atom. The molecule has 0 aliphatic carbocycles. The van der Waals surface area contributed by atoms with E-state index in [4.69, 9.17) is 10.5 Å². The second-order valence-corrected chi connectivity index (χ2v) is 5.73. The molecule has 0 aromatic carbocycles. The normalized spacial score (nSPS) is 13.7. The van der Waals surface area contributed by atoms with E-state index in [1.807, 2.05) is 6.92 Å². The van der Waals surface area contributed by atoms with Crippen molar-refractivity contribution in [2.45, 2.75) is 96.5 Å². The molecule has 1 unspecified atom stereocenters. The zero-order valence-corrected chi connectivity index (χ0v) is 13.4. The van der Waals surface area contributed by atoms with Gasteiger partial charge in [-0.25, -0.2) is 0 Å². The number of ether oxygens (including phenoxy) is 1. The fraction of sp³-hybridized carbons (Fsp3) is 1.00. The van der Waals surface area contributed by atoms with Crippen LogP contribution in [0.1, 0.15) is 84.5 Å². The first-order valence-electron chi connectivity index (χ1n) is 8.37. The third-order valence-electron chi connectivity index (χ3n) is 3.66. The highest BCUT2D eigenvalue weighted by Crippen LogP contribution is 2.12. The van der Waals surface area contributed by atoms with E-state index in [2.05, 4.69) is 6.92 Å². The standard InChI is InChI=1S/C16H35NO3/c1-3-5-6-7-8-9-10-11-12-13-14-20-15(4-2)16(17,18)19/h15,18-19H,3-14,17H2,1-2H3. The first kappa shape index (κ1) is 19.8. The first-order chi connectivity index (χ1) is 9.52. The number of unbranched alkanes of at least 4 members (excludes halogenated alkanes) is 9. The minimum atomic E-state index is -2.22. The lowest BCUT2D eigenvalue weighted by Gasteiger charge is -2.26. The lowest BCUT2D eigenvalue weighted by molar-refractivity contribution is -0.235. The largest absolute Gasteiger partial charge is 0.371 e. The molecule has 0 saturated heterocycles. The first-order valence-corrected chi connectivity index (χ1v) is 8.37. The molecule has 1 atom stereocenters. The minimum absolute atomic E-state index is 0.501. The molecule has 4 nitrogen and oxygen atoms in total. The van der Waals surface area contributed by atoms with E-state index in [-0.39, 0.29) is 0 Å². The number of nitrogens with two attached hydrogens (primary N) is 1. The molecule has 0 bridgehead atoms. The number of rotatable bonds is 14.